The highest BCUT2D eigenvalue weighted by atomic mass is 79.9. The lowest BCUT2D eigenvalue weighted by Crippen LogP contribution is -1.94. The minimum absolute atomic E-state index is 0.535. The molecule has 0 radical (unpaired) electrons. The number of aromatic amines is 1. The highest BCUT2D eigenvalue weighted by Gasteiger charge is 2.04. The van der Waals surface area contributed by atoms with Gasteiger partial charge in [-0.25, -0.2) is 0 Å². The molecule has 0 spiro atoms. The molecule has 1 aromatic carbocycles. The van der Waals surface area contributed by atoms with Gasteiger partial charge in [0.1, 0.15) is 12.4 Å². The molecule has 90 valence electrons. The summed E-state index contributed by atoms with van der Waals surface area (Å²) in [6.45, 7) is 0.535. The molecule has 0 atom stereocenters. The predicted molar refractivity (Wildman–Crippen MR) is 74.6 cm³/mol. The second-order valence-corrected chi connectivity index (χ2v) is 4.90. The predicted octanol–water partition coefficient (Wildman–Crippen LogP) is 3.90. The van der Waals surface area contributed by atoms with Crippen LogP contribution in [-0.2, 0) is 6.61 Å². The Bertz CT molecular complexity index is 664. The first-order valence-electron chi connectivity index (χ1n) is 5.61. The van der Waals surface area contributed by atoms with Gasteiger partial charge < -0.3 is 9.72 Å². The Morgan fingerprint density at radius 3 is 3.06 bits per heavy atom. The Morgan fingerprint density at radius 2 is 2.22 bits per heavy atom. The summed E-state index contributed by atoms with van der Waals surface area (Å²) in [4.78, 5) is 7.26. The van der Waals surface area contributed by atoms with Gasteiger partial charge in [0.2, 0.25) is 0 Å². The lowest BCUT2D eigenvalue weighted by atomic mass is 10.2. The summed E-state index contributed by atoms with van der Waals surface area (Å²) in [5.41, 5.74) is 2.25. The molecule has 2 heterocycles. The van der Waals surface area contributed by atoms with E-state index in [0.29, 0.717) is 6.61 Å². The summed E-state index contributed by atoms with van der Waals surface area (Å²) in [6.07, 6.45) is 5.43. The number of pyridine rings is 1. The number of H-pyrrole nitrogens is 1. The molecule has 1 N–H and O–H groups in total. The molecule has 0 aliphatic heterocycles. The van der Waals surface area contributed by atoms with E-state index in [4.69, 9.17) is 4.74 Å². The van der Waals surface area contributed by atoms with Crippen LogP contribution in [-0.4, -0.2) is 9.97 Å². The zero-order valence-electron chi connectivity index (χ0n) is 9.56. The van der Waals surface area contributed by atoms with Crippen LogP contribution < -0.4 is 4.74 Å². The van der Waals surface area contributed by atoms with Gasteiger partial charge in [-0.3, -0.25) is 4.98 Å². The molecule has 4 heteroatoms. The molecule has 0 unspecified atom stereocenters. The third-order valence-electron chi connectivity index (χ3n) is 2.76. The van der Waals surface area contributed by atoms with E-state index in [1.807, 2.05) is 24.4 Å². The van der Waals surface area contributed by atoms with Crippen molar-refractivity contribution in [3.05, 3.63) is 59.0 Å². The number of halogens is 1. The van der Waals surface area contributed by atoms with E-state index >= 15 is 0 Å². The number of nitrogens with one attached hydrogen (secondary N) is 1. The van der Waals surface area contributed by atoms with E-state index in [0.717, 1.165) is 21.3 Å². The maximum absolute atomic E-state index is 5.69. The normalized spacial score (nSPS) is 10.7. The van der Waals surface area contributed by atoms with Gasteiger partial charge in [-0.15, -0.1) is 0 Å². The van der Waals surface area contributed by atoms with Crippen LogP contribution in [0.1, 0.15) is 5.56 Å². The fourth-order valence-corrected chi connectivity index (χ4v) is 2.23. The quantitative estimate of drug-likeness (QED) is 0.796. The maximum Gasteiger partial charge on any atom is 0.138 e. The Hall–Kier alpha value is -1.81. The van der Waals surface area contributed by atoms with Crippen LogP contribution in [0.5, 0.6) is 5.75 Å². The van der Waals surface area contributed by atoms with Crippen LogP contribution >= 0.6 is 15.9 Å². The van der Waals surface area contributed by atoms with Crippen LogP contribution in [0, 0.1) is 0 Å². The van der Waals surface area contributed by atoms with Gasteiger partial charge in [-0.05, 0) is 24.3 Å². The van der Waals surface area contributed by atoms with Crippen LogP contribution in [0.15, 0.2) is 53.4 Å². The van der Waals surface area contributed by atoms with Gasteiger partial charge in [-0.2, -0.15) is 0 Å². The van der Waals surface area contributed by atoms with Crippen molar-refractivity contribution in [3.8, 4) is 5.75 Å². The summed E-state index contributed by atoms with van der Waals surface area (Å²) in [5, 5.41) is 1.18. The lowest BCUT2D eigenvalue weighted by molar-refractivity contribution is 0.306. The van der Waals surface area contributed by atoms with Crippen molar-refractivity contribution in [2.24, 2.45) is 0 Å². The first-order valence-corrected chi connectivity index (χ1v) is 6.40. The molecule has 0 amide bonds. The Morgan fingerprint density at radius 1 is 1.28 bits per heavy atom. The average molecular weight is 303 g/mol. The molecular formula is C14H11BrN2O. The minimum atomic E-state index is 0.535. The number of rotatable bonds is 3. The van der Waals surface area contributed by atoms with Gasteiger partial charge in [0.25, 0.3) is 0 Å². The topological polar surface area (TPSA) is 37.9 Å². The van der Waals surface area contributed by atoms with Crippen LogP contribution in [0.3, 0.4) is 0 Å². The number of ether oxygens (including phenoxy) is 1. The molecule has 0 fully saturated rings. The van der Waals surface area contributed by atoms with Gasteiger partial charge in [0, 0.05) is 33.3 Å². The summed E-state index contributed by atoms with van der Waals surface area (Å²) in [6, 6.07) is 9.94. The van der Waals surface area contributed by atoms with Crippen molar-refractivity contribution in [1.82, 2.24) is 9.97 Å². The number of hydrogen-bond donors (Lipinski definition) is 1. The van der Waals surface area contributed by atoms with Crippen molar-refractivity contribution < 1.29 is 4.74 Å². The van der Waals surface area contributed by atoms with Crippen LogP contribution in [0.2, 0.25) is 0 Å². The average Bonchev–Trinajstić information content (AvgIpc) is 2.80. The fraction of sp³-hybridized carbons (Fsp3) is 0.0714. The Balaban J connectivity index is 1.83. The number of fused-ring (bicyclic) bond motifs is 1. The summed E-state index contributed by atoms with van der Waals surface area (Å²) >= 11 is 3.46. The summed E-state index contributed by atoms with van der Waals surface area (Å²) in [7, 11) is 0. The lowest BCUT2D eigenvalue weighted by Gasteiger charge is -2.04. The third-order valence-corrected chi connectivity index (χ3v) is 3.25. The first kappa shape index (κ1) is 11.3. The monoisotopic (exact) mass is 302 g/mol. The highest BCUT2D eigenvalue weighted by molar-refractivity contribution is 9.10. The van der Waals surface area contributed by atoms with E-state index in [9.17, 15) is 0 Å². The van der Waals surface area contributed by atoms with E-state index in [2.05, 4.69) is 38.0 Å². The largest absolute Gasteiger partial charge is 0.487 e. The first-order chi connectivity index (χ1) is 8.83. The van der Waals surface area contributed by atoms with Gasteiger partial charge >= 0.3 is 0 Å². The van der Waals surface area contributed by atoms with E-state index in [1.54, 1.807) is 12.4 Å². The molecule has 3 aromatic rings. The zero-order valence-corrected chi connectivity index (χ0v) is 11.1. The number of nitrogens with zero attached hydrogens (tertiary/aromatic N) is 1. The number of aromatic nitrogens is 2. The third kappa shape index (κ3) is 2.24. The van der Waals surface area contributed by atoms with E-state index in [-0.39, 0.29) is 0 Å². The standard InChI is InChI=1S/C14H11BrN2O/c15-11-3-4-13-10(7-17-14(13)6-11)9-18-12-2-1-5-16-8-12/h1-8,17H,9H2. The van der Waals surface area contributed by atoms with Crippen molar-refractivity contribution in [3.63, 3.8) is 0 Å². The molecule has 0 aliphatic carbocycles. The summed E-state index contributed by atoms with van der Waals surface area (Å²) in [5.74, 6) is 0.781. The number of hydrogen-bond acceptors (Lipinski definition) is 2. The Kier molecular flexibility index (Phi) is 3.02. The second kappa shape index (κ2) is 4.82. The van der Waals surface area contributed by atoms with E-state index < -0.39 is 0 Å². The SMILES string of the molecule is Brc1ccc2c(COc3cccnc3)c[nH]c2c1. The smallest absolute Gasteiger partial charge is 0.138 e. The summed E-state index contributed by atoms with van der Waals surface area (Å²) < 4.78 is 6.76. The van der Waals surface area contributed by atoms with Gasteiger partial charge in [0.05, 0.1) is 6.20 Å². The van der Waals surface area contributed by atoms with Crippen molar-refractivity contribution >= 4 is 26.8 Å². The van der Waals surface area contributed by atoms with E-state index in [1.165, 1.54) is 5.39 Å². The maximum atomic E-state index is 5.69. The van der Waals surface area contributed by atoms with Gasteiger partial charge in [-0.1, -0.05) is 22.0 Å². The molecular weight excluding hydrogens is 292 g/mol. The fourth-order valence-electron chi connectivity index (χ4n) is 1.87. The second-order valence-electron chi connectivity index (χ2n) is 3.98. The molecule has 0 saturated carbocycles. The molecule has 3 rings (SSSR count). The Labute approximate surface area is 113 Å². The minimum Gasteiger partial charge on any atom is -0.487 e. The van der Waals surface area contributed by atoms with Gasteiger partial charge in [0.15, 0.2) is 0 Å². The van der Waals surface area contributed by atoms with Crippen LogP contribution in [0.25, 0.3) is 10.9 Å². The highest BCUT2D eigenvalue weighted by Crippen LogP contribution is 2.23. The molecule has 2 aromatic heterocycles. The molecule has 0 saturated heterocycles. The van der Waals surface area contributed by atoms with Crippen molar-refractivity contribution in [2.75, 3.05) is 0 Å². The molecule has 18 heavy (non-hydrogen) atoms. The van der Waals surface area contributed by atoms with Crippen LogP contribution in [0.4, 0.5) is 0 Å². The zero-order chi connectivity index (χ0) is 12.4. The number of benzene rings is 1. The van der Waals surface area contributed by atoms with Crippen molar-refractivity contribution in [2.45, 2.75) is 6.61 Å². The molecule has 3 nitrogen and oxygen atoms in total. The molecule has 0 bridgehead atoms. The van der Waals surface area contributed by atoms with Crippen molar-refractivity contribution in [1.29, 1.82) is 0 Å². The molecule has 0 aliphatic rings.